The van der Waals surface area contributed by atoms with Crippen LogP contribution in [-0.4, -0.2) is 94.2 Å². The SMILES string of the molecule is C/N=C/c1cncc(COc2cc(OCc3cccc(-c4cccc(COc5cc(OCc6cncc(/C=N/C)c6)c(CNC(CCO)C(=O)O)cc5Cl)c4C)c3C)c(Cl)cc2CNC(CCO)C(=O)O)c1. The molecule has 0 saturated heterocycles. The van der Waals surface area contributed by atoms with Gasteiger partial charge in [-0.05, 0) is 84.3 Å². The van der Waals surface area contributed by atoms with Gasteiger partial charge in [-0.1, -0.05) is 59.6 Å². The predicted octanol–water partition coefficient (Wildman–Crippen LogP) is 8.33. The summed E-state index contributed by atoms with van der Waals surface area (Å²) >= 11 is 13.7. The number of halogens is 2. The molecular weight excluding hydrogens is 964 g/mol. The summed E-state index contributed by atoms with van der Waals surface area (Å²) in [5.74, 6) is -0.606. The summed E-state index contributed by atoms with van der Waals surface area (Å²) in [6.07, 6.45) is 10.2. The van der Waals surface area contributed by atoms with Crippen molar-refractivity contribution in [2.45, 2.75) is 78.3 Å². The molecule has 2 unspecified atom stereocenters. The number of rotatable bonds is 27. The van der Waals surface area contributed by atoms with Crippen molar-refractivity contribution in [3.8, 4) is 34.1 Å². The molecule has 0 amide bonds. The molecule has 6 rings (SSSR count). The molecule has 2 aromatic heterocycles. The lowest BCUT2D eigenvalue weighted by atomic mass is 9.92. The third-order valence-electron chi connectivity index (χ3n) is 11.7. The number of hydrogen-bond acceptors (Lipinski definition) is 14. The number of carboxylic acid groups (broad SMARTS) is 2. The summed E-state index contributed by atoms with van der Waals surface area (Å²) in [6.45, 7) is 4.28. The Morgan fingerprint density at radius 1 is 0.583 bits per heavy atom. The van der Waals surface area contributed by atoms with Crippen LogP contribution >= 0.6 is 23.2 Å². The zero-order valence-corrected chi connectivity index (χ0v) is 41.9. The number of hydrogen-bond donors (Lipinski definition) is 6. The molecule has 0 fully saturated rings. The standard InChI is InChI=1S/C54H58Cl2N6O10/c1-33-39(31-71-51-19-49(69-29-37-15-35(21-57-3)23-59-25-37)41(17-45(51)55)27-61-47(11-13-63)53(65)66)7-5-9-43(33)44-10-6-8-40(34(44)2)32-72-52-20-50(70-30-38-16-36(22-58-4)24-60-26-38)42(18-46(52)56)28-62-48(12-14-64)54(67)68/h5-10,15-26,47-48,61-64H,11-14,27-32H2,1-4H3,(H,65,66)(H,67,68)/b57-21+,58-22+. The number of carboxylic acids is 2. The Hall–Kier alpha value is -6.92. The molecule has 0 spiro atoms. The van der Waals surface area contributed by atoms with Gasteiger partial charge >= 0.3 is 11.9 Å². The molecule has 2 heterocycles. The molecule has 0 aliphatic rings. The minimum absolute atomic E-state index is 0.0200. The summed E-state index contributed by atoms with van der Waals surface area (Å²) in [7, 11) is 3.35. The smallest absolute Gasteiger partial charge is 0.320 e. The van der Waals surface area contributed by atoms with Gasteiger partial charge in [0.15, 0.2) is 0 Å². The van der Waals surface area contributed by atoms with Gasteiger partial charge in [-0.25, -0.2) is 0 Å². The van der Waals surface area contributed by atoms with E-state index in [9.17, 15) is 30.0 Å². The highest BCUT2D eigenvalue weighted by atomic mass is 35.5. The first-order valence-corrected chi connectivity index (χ1v) is 23.8. The van der Waals surface area contributed by atoms with E-state index in [-0.39, 0.29) is 65.6 Å². The third-order valence-corrected chi connectivity index (χ3v) is 12.3. The zero-order valence-electron chi connectivity index (χ0n) is 40.4. The second kappa shape index (κ2) is 27.1. The lowest BCUT2D eigenvalue weighted by Crippen LogP contribution is -2.37. The summed E-state index contributed by atoms with van der Waals surface area (Å²) in [6, 6.07) is 20.6. The van der Waals surface area contributed by atoms with Crippen molar-refractivity contribution >= 4 is 47.6 Å². The fraction of sp³-hybridized carbons (Fsp3) is 0.296. The molecular formula is C54H58Cl2N6O10. The van der Waals surface area contributed by atoms with Crippen LogP contribution in [-0.2, 0) is 49.1 Å². The van der Waals surface area contributed by atoms with Crippen LogP contribution in [0.1, 0.15) is 68.5 Å². The lowest BCUT2D eigenvalue weighted by Gasteiger charge is -2.20. The van der Waals surface area contributed by atoms with Gasteiger partial charge in [0.2, 0.25) is 0 Å². The number of aliphatic imine (C=N–C) groups is 2. The second-order valence-corrected chi connectivity index (χ2v) is 17.5. The highest BCUT2D eigenvalue weighted by Crippen LogP contribution is 2.37. The van der Waals surface area contributed by atoms with Gasteiger partial charge in [0.1, 0.15) is 61.5 Å². The van der Waals surface area contributed by atoms with Crippen molar-refractivity contribution in [3.05, 3.63) is 163 Å². The molecule has 2 atom stereocenters. The van der Waals surface area contributed by atoms with Crippen molar-refractivity contribution in [2.75, 3.05) is 27.3 Å². The fourth-order valence-corrected chi connectivity index (χ4v) is 8.26. The van der Waals surface area contributed by atoms with Crippen molar-refractivity contribution in [1.29, 1.82) is 0 Å². The maximum atomic E-state index is 11.9. The number of ether oxygens (including phenoxy) is 4. The van der Waals surface area contributed by atoms with Gasteiger partial charge in [-0.2, -0.15) is 0 Å². The van der Waals surface area contributed by atoms with Gasteiger partial charge in [0.05, 0.1) is 10.0 Å². The van der Waals surface area contributed by atoms with Gasteiger partial charge in [0, 0.05) is 123 Å². The Morgan fingerprint density at radius 2 is 0.986 bits per heavy atom. The first-order valence-electron chi connectivity index (χ1n) is 23.0. The quantitative estimate of drug-likeness (QED) is 0.0267. The number of aliphatic carboxylic acids is 2. The van der Waals surface area contributed by atoms with Crippen LogP contribution in [0.4, 0.5) is 0 Å². The number of aliphatic hydroxyl groups is 2. The Kier molecular flexibility index (Phi) is 20.4. The van der Waals surface area contributed by atoms with E-state index in [1.54, 1.807) is 75.6 Å². The highest BCUT2D eigenvalue weighted by Gasteiger charge is 2.21. The minimum Gasteiger partial charge on any atom is -0.488 e. The van der Waals surface area contributed by atoms with Gasteiger partial charge in [0.25, 0.3) is 0 Å². The van der Waals surface area contributed by atoms with Crippen molar-refractivity contribution in [1.82, 2.24) is 20.6 Å². The van der Waals surface area contributed by atoms with Crippen LogP contribution in [0, 0.1) is 13.8 Å². The average Bonchev–Trinajstić information content (AvgIpc) is 3.36. The van der Waals surface area contributed by atoms with Crippen LogP contribution in [0.2, 0.25) is 10.0 Å². The molecule has 0 aliphatic carbocycles. The summed E-state index contributed by atoms with van der Waals surface area (Å²) in [5.41, 5.74) is 10.2. The van der Waals surface area contributed by atoms with Gasteiger partial charge in [-0.15, -0.1) is 0 Å². The molecule has 16 nitrogen and oxygen atoms in total. The van der Waals surface area contributed by atoms with E-state index in [1.807, 2.05) is 62.4 Å². The predicted molar refractivity (Wildman–Crippen MR) is 277 cm³/mol. The summed E-state index contributed by atoms with van der Waals surface area (Å²) in [5, 5.41) is 44.8. The molecule has 378 valence electrons. The van der Waals surface area contributed by atoms with Crippen molar-refractivity contribution in [3.63, 3.8) is 0 Å². The minimum atomic E-state index is -1.09. The number of nitrogens with one attached hydrogen (secondary N) is 2. The number of nitrogens with zero attached hydrogens (tertiary/aromatic N) is 4. The Morgan fingerprint density at radius 3 is 1.36 bits per heavy atom. The molecule has 0 radical (unpaired) electrons. The molecule has 18 heteroatoms. The molecule has 0 bridgehead atoms. The lowest BCUT2D eigenvalue weighted by molar-refractivity contribution is -0.140. The Balaban J connectivity index is 1.21. The van der Waals surface area contributed by atoms with Crippen molar-refractivity contribution < 1.29 is 49.0 Å². The third kappa shape index (κ3) is 15.1. The number of aromatic nitrogens is 2. The normalized spacial score (nSPS) is 12.3. The maximum Gasteiger partial charge on any atom is 0.320 e. The van der Waals surface area contributed by atoms with Gasteiger partial charge < -0.3 is 50.0 Å². The Labute approximate surface area is 428 Å². The van der Waals surface area contributed by atoms with E-state index < -0.39 is 24.0 Å². The van der Waals surface area contributed by atoms with Crippen LogP contribution in [0.3, 0.4) is 0 Å². The molecule has 6 N–H and O–H groups in total. The topological polar surface area (TPSA) is 227 Å². The van der Waals surface area contributed by atoms with E-state index in [4.69, 9.17) is 42.1 Å². The Bertz CT molecular complexity index is 2690. The molecule has 4 aromatic carbocycles. The molecule has 0 saturated carbocycles. The number of pyridine rings is 2. The van der Waals surface area contributed by atoms with E-state index >= 15 is 0 Å². The summed E-state index contributed by atoms with van der Waals surface area (Å²) in [4.78, 5) is 40.4. The maximum absolute atomic E-state index is 11.9. The highest BCUT2D eigenvalue weighted by molar-refractivity contribution is 6.32. The molecule has 72 heavy (non-hydrogen) atoms. The van der Waals surface area contributed by atoms with Gasteiger partial charge in [-0.3, -0.25) is 29.5 Å². The van der Waals surface area contributed by atoms with Crippen LogP contribution in [0.5, 0.6) is 23.0 Å². The molecule has 0 aliphatic heterocycles. The monoisotopic (exact) mass is 1020 g/mol. The number of carbonyl (C=O) groups is 2. The number of aliphatic hydroxyl groups excluding tert-OH is 2. The first-order chi connectivity index (χ1) is 34.8. The first kappa shape index (κ1) is 54.4. The van der Waals surface area contributed by atoms with Crippen LogP contribution in [0.25, 0.3) is 11.1 Å². The molecule has 6 aromatic rings. The van der Waals surface area contributed by atoms with E-state index in [1.165, 1.54) is 0 Å². The van der Waals surface area contributed by atoms with E-state index in [2.05, 4.69) is 30.6 Å². The zero-order chi connectivity index (χ0) is 51.6. The average molecular weight is 1020 g/mol. The summed E-state index contributed by atoms with van der Waals surface area (Å²) < 4.78 is 25.4. The largest absolute Gasteiger partial charge is 0.488 e. The number of benzene rings is 4. The van der Waals surface area contributed by atoms with Crippen LogP contribution < -0.4 is 29.6 Å². The van der Waals surface area contributed by atoms with E-state index in [0.29, 0.717) is 44.2 Å². The fourth-order valence-electron chi connectivity index (χ4n) is 7.78. The second-order valence-electron chi connectivity index (χ2n) is 16.7. The van der Waals surface area contributed by atoms with Crippen LogP contribution in [0.15, 0.2) is 108 Å². The van der Waals surface area contributed by atoms with E-state index in [0.717, 1.165) is 55.6 Å². The van der Waals surface area contributed by atoms with Crippen molar-refractivity contribution in [2.24, 2.45) is 9.98 Å².